The lowest BCUT2D eigenvalue weighted by Gasteiger charge is -2.34. The van der Waals surface area contributed by atoms with Crippen LogP contribution in [0.4, 0.5) is 27.9 Å². The SMILES string of the molecule is CN1C(=O)N(c2cc(N)ccc2Cl)Cc2cnc(N)nc21. The van der Waals surface area contributed by atoms with E-state index in [1.165, 1.54) is 9.80 Å². The van der Waals surface area contributed by atoms with Gasteiger partial charge in [-0.15, -0.1) is 0 Å². The van der Waals surface area contributed by atoms with Crippen LogP contribution in [0.15, 0.2) is 24.4 Å². The van der Waals surface area contributed by atoms with Gasteiger partial charge in [0.2, 0.25) is 5.95 Å². The summed E-state index contributed by atoms with van der Waals surface area (Å²) < 4.78 is 0. The van der Waals surface area contributed by atoms with Crippen LogP contribution in [-0.2, 0) is 6.54 Å². The molecule has 0 atom stereocenters. The summed E-state index contributed by atoms with van der Waals surface area (Å²) in [4.78, 5) is 23.5. The zero-order valence-electron chi connectivity index (χ0n) is 11.2. The van der Waals surface area contributed by atoms with Gasteiger partial charge in [0.15, 0.2) is 0 Å². The highest BCUT2D eigenvalue weighted by Crippen LogP contribution is 2.34. The summed E-state index contributed by atoms with van der Waals surface area (Å²) in [6.45, 7) is 0.308. The second-order valence-corrected chi connectivity index (χ2v) is 5.12. The van der Waals surface area contributed by atoms with Gasteiger partial charge in [0, 0.05) is 24.5 Å². The fourth-order valence-corrected chi connectivity index (χ4v) is 2.47. The molecule has 8 heteroatoms. The molecule has 0 radical (unpaired) electrons. The Morgan fingerprint density at radius 1 is 1.33 bits per heavy atom. The Labute approximate surface area is 126 Å². The first-order valence-corrected chi connectivity index (χ1v) is 6.57. The number of urea groups is 1. The van der Waals surface area contributed by atoms with Crippen molar-refractivity contribution < 1.29 is 4.79 Å². The molecule has 0 bridgehead atoms. The molecule has 108 valence electrons. The predicted molar refractivity (Wildman–Crippen MR) is 82.3 cm³/mol. The number of halogens is 1. The van der Waals surface area contributed by atoms with Crippen molar-refractivity contribution in [1.29, 1.82) is 0 Å². The van der Waals surface area contributed by atoms with Crippen molar-refractivity contribution >= 4 is 40.8 Å². The molecule has 3 rings (SSSR count). The predicted octanol–water partition coefficient (Wildman–Crippen LogP) is 1.87. The Kier molecular flexibility index (Phi) is 3.06. The molecule has 2 amide bonds. The smallest absolute Gasteiger partial charge is 0.330 e. The number of aromatic nitrogens is 2. The summed E-state index contributed by atoms with van der Waals surface area (Å²) in [7, 11) is 1.62. The van der Waals surface area contributed by atoms with Crippen LogP contribution in [0.1, 0.15) is 5.56 Å². The summed E-state index contributed by atoms with van der Waals surface area (Å²) in [5.41, 5.74) is 13.2. The monoisotopic (exact) mass is 304 g/mol. The van der Waals surface area contributed by atoms with E-state index in [0.29, 0.717) is 28.8 Å². The van der Waals surface area contributed by atoms with Gasteiger partial charge < -0.3 is 11.5 Å². The highest BCUT2D eigenvalue weighted by molar-refractivity contribution is 6.34. The molecule has 1 aromatic carbocycles. The molecule has 0 saturated heterocycles. The third-order valence-corrected chi connectivity index (χ3v) is 3.60. The molecule has 7 nitrogen and oxygen atoms in total. The van der Waals surface area contributed by atoms with Crippen LogP contribution in [0, 0.1) is 0 Å². The van der Waals surface area contributed by atoms with Gasteiger partial charge in [0.1, 0.15) is 5.82 Å². The number of carbonyl (C=O) groups excluding carboxylic acids is 1. The number of rotatable bonds is 1. The van der Waals surface area contributed by atoms with Crippen LogP contribution in [-0.4, -0.2) is 23.0 Å². The van der Waals surface area contributed by atoms with Crippen LogP contribution in [0.5, 0.6) is 0 Å². The minimum Gasteiger partial charge on any atom is -0.399 e. The lowest BCUT2D eigenvalue weighted by molar-refractivity contribution is 0.251. The van der Waals surface area contributed by atoms with Crippen molar-refractivity contribution in [3.63, 3.8) is 0 Å². The first kappa shape index (κ1) is 13.4. The number of carbonyl (C=O) groups is 1. The van der Waals surface area contributed by atoms with Gasteiger partial charge in [-0.1, -0.05) is 11.6 Å². The van der Waals surface area contributed by atoms with E-state index in [-0.39, 0.29) is 12.0 Å². The number of fused-ring (bicyclic) bond motifs is 1. The Morgan fingerprint density at radius 2 is 2.10 bits per heavy atom. The summed E-state index contributed by atoms with van der Waals surface area (Å²) in [6.07, 6.45) is 1.60. The van der Waals surface area contributed by atoms with Gasteiger partial charge in [-0.3, -0.25) is 9.80 Å². The number of amides is 2. The number of anilines is 4. The summed E-state index contributed by atoms with van der Waals surface area (Å²) in [5, 5.41) is 0.450. The maximum absolute atomic E-state index is 12.5. The van der Waals surface area contributed by atoms with Crippen molar-refractivity contribution in [1.82, 2.24) is 9.97 Å². The van der Waals surface area contributed by atoms with Gasteiger partial charge in [-0.05, 0) is 18.2 Å². The first-order chi connectivity index (χ1) is 9.97. The fourth-order valence-electron chi connectivity index (χ4n) is 2.25. The van der Waals surface area contributed by atoms with E-state index in [1.807, 2.05) is 0 Å². The van der Waals surface area contributed by atoms with Crippen molar-refractivity contribution in [3.8, 4) is 0 Å². The molecule has 0 fully saturated rings. The standard InChI is InChI=1S/C13H13ClN6O/c1-19-11-7(5-17-12(16)18-11)6-20(13(19)21)10-4-8(15)2-3-9(10)14/h2-5H,6,15H2,1H3,(H2,16,17,18). The highest BCUT2D eigenvalue weighted by Gasteiger charge is 2.31. The Hall–Kier alpha value is -2.54. The molecule has 4 N–H and O–H groups in total. The molecular weight excluding hydrogens is 292 g/mol. The van der Waals surface area contributed by atoms with E-state index in [0.717, 1.165) is 5.56 Å². The van der Waals surface area contributed by atoms with Gasteiger partial charge in [-0.25, -0.2) is 9.78 Å². The molecule has 0 aliphatic carbocycles. The summed E-state index contributed by atoms with van der Waals surface area (Å²) in [6, 6.07) is 4.75. The molecule has 0 unspecified atom stereocenters. The second-order valence-electron chi connectivity index (χ2n) is 4.72. The Morgan fingerprint density at radius 3 is 2.86 bits per heavy atom. The van der Waals surface area contributed by atoms with Crippen LogP contribution >= 0.6 is 11.6 Å². The maximum atomic E-state index is 12.5. The Bertz CT molecular complexity index is 735. The quantitative estimate of drug-likeness (QED) is 0.783. The van der Waals surface area contributed by atoms with E-state index in [4.69, 9.17) is 23.1 Å². The highest BCUT2D eigenvalue weighted by atomic mass is 35.5. The van der Waals surface area contributed by atoms with Gasteiger partial charge in [0.25, 0.3) is 0 Å². The number of nitrogens with zero attached hydrogens (tertiary/aromatic N) is 4. The molecule has 1 aliphatic heterocycles. The van der Waals surface area contributed by atoms with Gasteiger partial charge >= 0.3 is 6.03 Å². The van der Waals surface area contributed by atoms with Crippen LogP contribution in [0.3, 0.4) is 0 Å². The minimum atomic E-state index is -0.256. The number of hydrogen-bond acceptors (Lipinski definition) is 5. The number of benzene rings is 1. The minimum absolute atomic E-state index is 0.129. The van der Waals surface area contributed by atoms with E-state index < -0.39 is 0 Å². The molecular formula is C13H13ClN6O. The summed E-state index contributed by atoms with van der Waals surface area (Å²) in [5.74, 6) is 0.632. The van der Waals surface area contributed by atoms with Crippen molar-refractivity contribution in [2.45, 2.75) is 6.54 Å². The molecule has 0 spiro atoms. The van der Waals surface area contributed by atoms with Crippen molar-refractivity contribution in [2.24, 2.45) is 0 Å². The second kappa shape index (κ2) is 4.78. The van der Waals surface area contributed by atoms with Gasteiger partial charge in [-0.2, -0.15) is 4.98 Å². The third kappa shape index (κ3) is 2.21. The lowest BCUT2D eigenvalue weighted by atomic mass is 10.2. The lowest BCUT2D eigenvalue weighted by Crippen LogP contribution is -2.46. The van der Waals surface area contributed by atoms with Gasteiger partial charge in [0.05, 0.1) is 17.3 Å². The average Bonchev–Trinajstić information content (AvgIpc) is 2.46. The van der Waals surface area contributed by atoms with Crippen LogP contribution in [0.25, 0.3) is 0 Å². The molecule has 1 aliphatic rings. The normalized spacial score (nSPS) is 14.3. The zero-order chi connectivity index (χ0) is 15.1. The molecule has 2 aromatic rings. The first-order valence-electron chi connectivity index (χ1n) is 6.19. The number of nitrogens with two attached hydrogens (primary N) is 2. The number of nitrogen functional groups attached to an aromatic ring is 2. The summed E-state index contributed by atoms with van der Waals surface area (Å²) >= 11 is 6.18. The van der Waals surface area contributed by atoms with Crippen LogP contribution < -0.4 is 21.3 Å². The molecule has 0 saturated carbocycles. The van der Waals surface area contributed by atoms with Crippen LogP contribution in [0.2, 0.25) is 5.02 Å². The fraction of sp³-hybridized carbons (Fsp3) is 0.154. The molecule has 2 heterocycles. The molecule has 1 aromatic heterocycles. The average molecular weight is 305 g/mol. The van der Waals surface area contributed by atoms with Crippen molar-refractivity contribution in [3.05, 3.63) is 35.0 Å². The van der Waals surface area contributed by atoms with Crippen molar-refractivity contribution in [2.75, 3.05) is 28.3 Å². The Balaban J connectivity index is 2.08. The van der Waals surface area contributed by atoms with E-state index >= 15 is 0 Å². The third-order valence-electron chi connectivity index (χ3n) is 3.29. The molecule has 21 heavy (non-hydrogen) atoms. The maximum Gasteiger partial charge on any atom is 0.330 e. The van der Waals surface area contributed by atoms with E-state index in [9.17, 15) is 4.79 Å². The zero-order valence-corrected chi connectivity index (χ0v) is 12.0. The van der Waals surface area contributed by atoms with E-state index in [2.05, 4.69) is 9.97 Å². The number of hydrogen-bond donors (Lipinski definition) is 2. The largest absolute Gasteiger partial charge is 0.399 e. The van der Waals surface area contributed by atoms with E-state index in [1.54, 1.807) is 31.4 Å². The topological polar surface area (TPSA) is 101 Å².